The lowest BCUT2D eigenvalue weighted by Crippen LogP contribution is -2.41. The van der Waals surface area contributed by atoms with Crippen LogP contribution in [0.1, 0.15) is 54.8 Å². The van der Waals surface area contributed by atoms with Gasteiger partial charge in [-0.15, -0.1) is 0 Å². The average Bonchev–Trinajstić information content (AvgIpc) is 3.74. The number of aryl methyl sites for hydroxylation is 2. The van der Waals surface area contributed by atoms with Crippen LogP contribution < -0.4 is 11.1 Å². The number of allylic oxidation sites excluding steroid dienone is 1. The van der Waals surface area contributed by atoms with E-state index in [9.17, 15) is 21.9 Å². The zero-order valence-electron chi connectivity index (χ0n) is 35.0. The Bertz CT molecular complexity index is 2430. The number of nitrogen functional groups attached to an aromatic ring is 1. The number of nitrogens with zero attached hydrogens (tertiary/aromatic N) is 7. The summed E-state index contributed by atoms with van der Waals surface area (Å²) >= 11 is 0. The molecule has 16 heteroatoms. The van der Waals surface area contributed by atoms with Gasteiger partial charge in [-0.1, -0.05) is 84.5 Å². The Morgan fingerprint density at radius 2 is 1.36 bits per heavy atom. The van der Waals surface area contributed by atoms with Crippen LogP contribution in [0.2, 0.25) is 0 Å². The normalized spacial score (nSPS) is 20.1. The number of anilines is 2. The lowest BCUT2D eigenvalue weighted by atomic mass is 10.1. The number of aliphatic hydroxyl groups excluding tert-OH is 1. The minimum atomic E-state index is -3.80. The highest BCUT2D eigenvalue weighted by molar-refractivity contribution is 7.89. The van der Waals surface area contributed by atoms with E-state index in [4.69, 9.17) is 5.73 Å². The van der Waals surface area contributed by atoms with E-state index in [-0.39, 0.29) is 47.4 Å². The molecule has 3 aliphatic rings. The largest absolute Gasteiger partial charge is 0.396 e. The molecule has 0 bridgehead atoms. The standard InChI is InChI=1S/C31H39N3O4S2.C14H18N6O/c1-26-11-15-30(16-12-26)39(35,36)33-21-7-19-32(25-29-9-5-4-6-10-29)20-8-22-34(24-28(3)23-33)40(37,38)31-17-13-27(2)14-18-31;15-14-18-12(17-9-2-3-9)11-13(19-14)20(7-16-11)10-4-1-8(5-10)6-21/h4-6,9-18H,3,7-8,19-25H2,1-2H3;1,4,7-10,21H,2-3,5-6H2,(H3,15,17,18,19)/t;8-,10+/m.1/s1. The number of nitrogens with two attached hydrogens (primary N) is 1. The molecule has 1 saturated carbocycles. The van der Waals surface area contributed by atoms with Gasteiger partial charge in [-0.05, 0) is 94.4 Å². The molecule has 3 heterocycles. The highest BCUT2D eigenvalue weighted by atomic mass is 32.2. The van der Waals surface area contributed by atoms with Crippen LogP contribution in [0.3, 0.4) is 0 Å². The van der Waals surface area contributed by atoms with Crippen LogP contribution in [0.5, 0.6) is 0 Å². The number of benzene rings is 3. The fourth-order valence-corrected chi connectivity index (χ4v) is 10.7. The van der Waals surface area contributed by atoms with Gasteiger partial charge in [0.05, 0.1) is 22.2 Å². The molecule has 0 spiro atoms. The van der Waals surface area contributed by atoms with Crippen LogP contribution >= 0.6 is 0 Å². The SMILES string of the molecule is C=C1CN(S(=O)(=O)c2ccc(C)cc2)CCCN(Cc2ccccc2)CCCN(S(=O)(=O)c2ccc(C)cc2)C1.Nc1nc(NC2CC2)c2ncn([C@H]3C=C[C@@H](CO)C3)c2n1. The van der Waals surface area contributed by atoms with E-state index in [1.165, 1.54) is 8.61 Å². The smallest absolute Gasteiger partial charge is 0.243 e. The molecular formula is C45H57N9O5S2. The van der Waals surface area contributed by atoms with Crippen molar-refractivity contribution in [3.05, 3.63) is 126 Å². The highest BCUT2D eigenvalue weighted by Gasteiger charge is 2.30. The Labute approximate surface area is 359 Å². The molecule has 0 radical (unpaired) electrons. The first-order valence-electron chi connectivity index (χ1n) is 20.9. The molecule has 0 amide bonds. The second-order valence-corrected chi connectivity index (χ2v) is 20.2. The number of nitrogens with one attached hydrogen (secondary N) is 1. The second-order valence-electron chi connectivity index (χ2n) is 16.3. The van der Waals surface area contributed by atoms with E-state index in [0.717, 1.165) is 52.9 Å². The third-order valence-electron chi connectivity index (χ3n) is 11.2. The Hall–Kier alpha value is -4.97. The third kappa shape index (κ3) is 11.1. The first kappa shape index (κ1) is 44.1. The minimum absolute atomic E-state index is 0.0504. The molecule has 0 unspecified atom stereocenters. The molecule has 1 aliphatic heterocycles. The first-order valence-corrected chi connectivity index (χ1v) is 23.8. The lowest BCUT2D eigenvalue weighted by molar-refractivity contribution is 0.238. The Morgan fingerprint density at radius 1 is 0.787 bits per heavy atom. The van der Waals surface area contributed by atoms with Crippen LogP contribution in [0, 0.1) is 19.8 Å². The molecule has 2 fully saturated rings. The molecule has 8 rings (SSSR count). The lowest BCUT2D eigenvalue weighted by Gasteiger charge is -2.30. The number of hydrogen-bond donors (Lipinski definition) is 3. The summed E-state index contributed by atoms with van der Waals surface area (Å²) in [6, 6.07) is 24.4. The molecule has 1 saturated heterocycles. The quantitative estimate of drug-likeness (QED) is 0.142. The Morgan fingerprint density at radius 3 is 1.89 bits per heavy atom. The molecule has 14 nitrogen and oxygen atoms in total. The molecule has 2 aromatic heterocycles. The van der Waals surface area contributed by atoms with Crippen molar-refractivity contribution in [1.29, 1.82) is 0 Å². The molecule has 2 aliphatic carbocycles. The number of aliphatic hydroxyl groups is 1. The monoisotopic (exact) mass is 867 g/mol. The average molecular weight is 868 g/mol. The van der Waals surface area contributed by atoms with E-state index < -0.39 is 20.0 Å². The van der Waals surface area contributed by atoms with Crippen molar-refractivity contribution in [2.45, 2.75) is 74.4 Å². The van der Waals surface area contributed by atoms with Crippen molar-refractivity contribution in [1.82, 2.24) is 33.0 Å². The van der Waals surface area contributed by atoms with Gasteiger partial charge in [-0.3, -0.25) is 4.90 Å². The van der Waals surface area contributed by atoms with Crippen molar-refractivity contribution in [3.63, 3.8) is 0 Å². The topological polar surface area (TPSA) is 180 Å². The van der Waals surface area contributed by atoms with Crippen LogP contribution in [0.4, 0.5) is 11.8 Å². The molecule has 3 aromatic carbocycles. The zero-order chi connectivity index (χ0) is 43.1. The van der Waals surface area contributed by atoms with Crippen LogP contribution in [-0.4, -0.2) is 107 Å². The predicted molar refractivity (Wildman–Crippen MR) is 240 cm³/mol. The van der Waals surface area contributed by atoms with Crippen molar-refractivity contribution < 1.29 is 21.9 Å². The maximum atomic E-state index is 13.7. The minimum Gasteiger partial charge on any atom is -0.396 e. The molecule has 2 atom stereocenters. The summed E-state index contributed by atoms with van der Waals surface area (Å²) in [5.41, 5.74) is 11.0. The number of hydrogen-bond acceptors (Lipinski definition) is 11. The van der Waals surface area contributed by atoms with Crippen molar-refractivity contribution in [3.8, 4) is 0 Å². The Balaban J connectivity index is 0.000000222. The van der Waals surface area contributed by atoms with Crippen molar-refractivity contribution >= 4 is 43.0 Å². The van der Waals surface area contributed by atoms with Crippen LogP contribution in [-0.2, 0) is 26.6 Å². The maximum absolute atomic E-state index is 13.7. The van der Waals surface area contributed by atoms with Gasteiger partial charge in [0.15, 0.2) is 17.0 Å². The highest BCUT2D eigenvalue weighted by Crippen LogP contribution is 2.33. The van der Waals surface area contributed by atoms with Gasteiger partial charge in [-0.25, -0.2) is 21.8 Å². The summed E-state index contributed by atoms with van der Waals surface area (Å²) in [5, 5.41) is 12.6. The number of fused-ring (bicyclic) bond motifs is 1. The van der Waals surface area contributed by atoms with Gasteiger partial charge < -0.3 is 20.7 Å². The molecule has 5 aromatic rings. The Kier molecular flexibility index (Phi) is 14.0. The van der Waals surface area contributed by atoms with Crippen LogP contribution in [0.25, 0.3) is 11.2 Å². The summed E-state index contributed by atoms with van der Waals surface area (Å²) in [5.74, 6) is 1.18. The van der Waals surface area contributed by atoms with Gasteiger partial charge in [-0.2, -0.15) is 18.6 Å². The fraction of sp³-hybridized carbons (Fsp3) is 0.400. The molecule has 61 heavy (non-hydrogen) atoms. The van der Waals surface area contributed by atoms with E-state index in [2.05, 4.69) is 50.0 Å². The van der Waals surface area contributed by atoms with Gasteiger partial charge in [0, 0.05) is 51.3 Å². The van der Waals surface area contributed by atoms with E-state index in [0.29, 0.717) is 57.2 Å². The van der Waals surface area contributed by atoms with Gasteiger partial charge >= 0.3 is 0 Å². The van der Waals surface area contributed by atoms with Crippen LogP contribution in [0.15, 0.2) is 119 Å². The van der Waals surface area contributed by atoms with E-state index >= 15 is 0 Å². The number of aromatic nitrogens is 4. The molecular weight excluding hydrogens is 811 g/mol. The number of rotatable bonds is 10. The summed E-state index contributed by atoms with van der Waals surface area (Å²) in [7, 11) is -7.60. The van der Waals surface area contributed by atoms with Crippen molar-refractivity contribution in [2.75, 3.05) is 56.9 Å². The van der Waals surface area contributed by atoms with Gasteiger partial charge in [0.1, 0.15) is 0 Å². The zero-order valence-corrected chi connectivity index (χ0v) is 36.6. The fourth-order valence-electron chi connectivity index (χ4n) is 7.68. The first-order chi connectivity index (χ1) is 29.3. The van der Waals surface area contributed by atoms with Gasteiger partial charge in [0.2, 0.25) is 26.0 Å². The molecule has 4 N–H and O–H groups in total. The van der Waals surface area contributed by atoms with Crippen molar-refractivity contribution in [2.24, 2.45) is 5.92 Å². The predicted octanol–water partition coefficient (Wildman–Crippen LogP) is 5.93. The summed E-state index contributed by atoms with van der Waals surface area (Å²) < 4.78 is 59.7. The molecule has 324 valence electrons. The third-order valence-corrected chi connectivity index (χ3v) is 14.9. The summed E-state index contributed by atoms with van der Waals surface area (Å²) in [6.07, 6.45) is 10.4. The summed E-state index contributed by atoms with van der Waals surface area (Å²) in [4.78, 5) is 15.8. The second kappa shape index (κ2) is 19.4. The van der Waals surface area contributed by atoms with E-state index in [1.54, 1.807) is 54.9 Å². The van der Waals surface area contributed by atoms with Gasteiger partial charge in [0.25, 0.3) is 0 Å². The summed E-state index contributed by atoms with van der Waals surface area (Å²) in [6.45, 7) is 10.9. The number of sulfonamides is 2. The maximum Gasteiger partial charge on any atom is 0.243 e. The van der Waals surface area contributed by atoms with E-state index in [1.807, 2.05) is 42.7 Å². The number of imidazole rings is 1.